The lowest BCUT2D eigenvalue weighted by Gasteiger charge is -2.32. The number of carbonyl (C=O) groups is 3. The third-order valence-corrected chi connectivity index (χ3v) is 8.59. The van der Waals surface area contributed by atoms with Gasteiger partial charge >= 0.3 is 18.0 Å². The van der Waals surface area contributed by atoms with Crippen molar-refractivity contribution in [3.8, 4) is 0 Å². The van der Waals surface area contributed by atoms with Crippen molar-refractivity contribution in [2.75, 3.05) is 19.1 Å². The van der Waals surface area contributed by atoms with Gasteiger partial charge in [-0.15, -0.1) is 0 Å². The van der Waals surface area contributed by atoms with Gasteiger partial charge in [0.1, 0.15) is 25.3 Å². The van der Waals surface area contributed by atoms with E-state index >= 15 is 0 Å². The number of hydrogen-bond donors (Lipinski definition) is 2. The van der Waals surface area contributed by atoms with E-state index in [9.17, 15) is 14.4 Å². The molecule has 0 aliphatic rings. The average molecular weight is 656 g/mol. The number of nitrogens with one attached hydrogen (secondary N) is 2. The van der Waals surface area contributed by atoms with Gasteiger partial charge in [-0.3, -0.25) is 0 Å². The van der Waals surface area contributed by atoms with E-state index in [0.717, 1.165) is 64.5 Å². The fourth-order valence-electron chi connectivity index (χ4n) is 6.06. The largest absolute Gasteiger partial charge is 0.467 e. The standard InChI is InChI=1S/C39H49N3O6/c1-6-7-8-15-20-30-21-22-33(42(4)36(27(2)3)38(44)46-5)34-31(24-40-35(30)34)23-32(37(43)47-25-28-16-11-9-12-17-28)41-39(45)48-26-29-18-13-10-14-19-29/h9-14,16-19,21-22,24,27,32,36,40H,6-8,15,20,23,25-26H2,1-5H3,(H,41,45)/t32-,36-/m0/s1. The van der Waals surface area contributed by atoms with Gasteiger partial charge in [-0.25, -0.2) is 14.4 Å². The number of aryl methyl sites for hydroxylation is 1. The molecule has 0 aliphatic heterocycles. The lowest BCUT2D eigenvalue weighted by Crippen LogP contribution is -2.44. The van der Waals surface area contributed by atoms with E-state index in [1.807, 2.05) is 98.7 Å². The van der Waals surface area contributed by atoms with Gasteiger partial charge in [-0.2, -0.15) is 0 Å². The van der Waals surface area contributed by atoms with Gasteiger partial charge in [0.15, 0.2) is 0 Å². The highest BCUT2D eigenvalue weighted by Crippen LogP contribution is 2.35. The molecule has 0 fully saturated rings. The fourth-order valence-corrected chi connectivity index (χ4v) is 6.06. The van der Waals surface area contributed by atoms with Crippen molar-refractivity contribution < 1.29 is 28.6 Å². The third kappa shape index (κ3) is 9.62. The Bertz CT molecular complexity index is 1620. The number of ether oxygens (including phenoxy) is 3. The Morgan fingerprint density at radius 3 is 2.06 bits per heavy atom. The summed E-state index contributed by atoms with van der Waals surface area (Å²) in [6, 6.07) is 21.3. The number of anilines is 1. The van der Waals surface area contributed by atoms with Crippen LogP contribution in [0.5, 0.6) is 0 Å². The van der Waals surface area contributed by atoms with Gasteiger partial charge in [0.2, 0.25) is 0 Å². The van der Waals surface area contributed by atoms with Crippen LogP contribution in [0.3, 0.4) is 0 Å². The minimum atomic E-state index is -1.04. The first kappa shape index (κ1) is 36.1. The predicted molar refractivity (Wildman–Crippen MR) is 189 cm³/mol. The summed E-state index contributed by atoms with van der Waals surface area (Å²) in [5.41, 5.74) is 5.40. The molecule has 0 saturated heterocycles. The normalized spacial score (nSPS) is 12.4. The summed E-state index contributed by atoms with van der Waals surface area (Å²) in [6.45, 7) is 6.29. The number of esters is 2. The van der Waals surface area contributed by atoms with Crippen LogP contribution in [-0.2, 0) is 49.9 Å². The summed E-state index contributed by atoms with van der Waals surface area (Å²) in [6.07, 6.45) is 6.69. The second-order valence-electron chi connectivity index (χ2n) is 12.5. The monoisotopic (exact) mass is 655 g/mol. The van der Waals surface area contributed by atoms with Crippen LogP contribution in [0.4, 0.5) is 10.5 Å². The Balaban J connectivity index is 1.68. The van der Waals surface area contributed by atoms with Gasteiger partial charge in [0, 0.05) is 30.7 Å². The number of carbonyl (C=O) groups excluding carboxylic acids is 3. The molecule has 0 aliphatic carbocycles. The Labute approximate surface area is 284 Å². The number of benzene rings is 3. The number of rotatable bonds is 17. The third-order valence-electron chi connectivity index (χ3n) is 8.59. The Morgan fingerprint density at radius 2 is 1.46 bits per heavy atom. The molecule has 0 radical (unpaired) electrons. The summed E-state index contributed by atoms with van der Waals surface area (Å²) in [4.78, 5) is 45.0. The topological polar surface area (TPSA) is 110 Å². The molecule has 0 bridgehead atoms. The van der Waals surface area contributed by atoms with Crippen LogP contribution in [0.1, 0.15) is 68.7 Å². The van der Waals surface area contributed by atoms with E-state index in [2.05, 4.69) is 23.3 Å². The molecular formula is C39H49N3O6. The van der Waals surface area contributed by atoms with Crippen LogP contribution in [0.15, 0.2) is 79.0 Å². The lowest BCUT2D eigenvalue weighted by molar-refractivity contribution is -0.147. The highest BCUT2D eigenvalue weighted by molar-refractivity contribution is 5.99. The van der Waals surface area contributed by atoms with Crippen molar-refractivity contribution >= 4 is 34.6 Å². The molecule has 4 aromatic rings. The zero-order valence-electron chi connectivity index (χ0n) is 28.8. The van der Waals surface area contributed by atoms with Crippen molar-refractivity contribution in [1.29, 1.82) is 0 Å². The zero-order valence-corrected chi connectivity index (χ0v) is 28.8. The van der Waals surface area contributed by atoms with E-state index in [0.29, 0.717) is 0 Å². The Morgan fingerprint density at radius 1 is 0.812 bits per heavy atom. The number of amides is 1. The molecule has 2 atom stereocenters. The Hall–Kier alpha value is -4.79. The van der Waals surface area contributed by atoms with Gasteiger partial charge in [0.05, 0.1) is 12.6 Å². The molecular weight excluding hydrogens is 606 g/mol. The molecule has 3 aromatic carbocycles. The van der Waals surface area contributed by atoms with Crippen LogP contribution < -0.4 is 10.2 Å². The number of hydrogen-bond acceptors (Lipinski definition) is 7. The number of H-pyrrole nitrogens is 1. The minimum Gasteiger partial charge on any atom is -0.467 e. The zero-order chi connectivity index (χ0) is 34.5. The Kier molecular flexibility index (Phi) is 13.5. The number of aromatic nitrogens is 1. The molecule has 1 aromatic heterocycles. The number of alkyl carbamates (subject to hydrolysis) is 1. The molecule has 9 heteroatoms. The molecule has 0 unspecified atom stereocenters. The summed E-state index contributed by atoms with van der Waals surface area (Å²) < 4.78 is 16.4. The van der Waals surface area contributed by atoms with E-state index in [1.165, 1.54) is 13.5 Å². The van der Waals surface area contributed by atoms with Gasteiger partial charge in [0.25, 0.3) is 0 Å². The van der Waals surface area contributed by atoms with Crippen LogP contribution in [0.2, 0.25) is 0 Å². The SMILES string of the molecule is CCCCCCc1ccc(N(C)[C@H](C(=O)OC)C(C)C)c2c(C[C@H](NC(=O)OCc3ccccc3)C(=O)OCc3ccccc3)c[nH]c12. The maximum Gasteiger partial charge on any atom is 0.408 e. The number of aromatic amines is 1. The van der Waals surface area contributed by atoms with Crippen LogP contribution in [-0.4, -0.2) is 49.3 Å². The maximum atomic E-state index is 13.6. The number of nitrogens with zero attached hydrogens (tertiary/aromatic N) is 1. The summed E-state index contributed by atoms with van der Waals surface area (Å²) in [5.74, 6) is -0.938. The molecule has 0 saturated carbocycles. The lowest BCUT2D eigenvalue weighted by atomic mass is 9.96. The van der Waals surface area contributed by atoms with Crippen molar-refractivity contribution in [2.45, 2.75) is 84.6 Å². The second-order valence-corrected chi connectivity index (χ2v) is 12.5. The van der Waals surface area contributed by atoms with Crippen molar-refractivity contribution in [3.63, 3.8) is 0 Å². The maximum absolute atomic E-state index is 13.6. The van der Waals surface area contributed by atoms with E-state index in [4.69, 9.17) is 14.2 Å². The van der Waals surface area contributed by atoms with Gasteiger partial charge in [-0.05, 0) is 47.1 Å². The average Bonchev–Trinajstić information content (AvgIpc) is 3.52. The van der Waals surface area contributed by atoms with Crippen LogP contribution >= 0.6 is 0 Å². The smallest absolute Gasteiger partial charge is 0.408 e. The minimum absolute atomic E-state index is 0.0321. The molecule has 256 valence electrons. The highest BCUT2D eigenvalue weighted by atomic mass is 16.6. The first-order chi connectivity index (χ1) is 23.2. The summed E-state index contributed by atoms with van der Waals surface area (Å²) >= 11 is 0. The quantitative estimate of drug-likeness (QED) is 0.0689. The summed E-state index contributed by atoms with van der Waals surface area (Å²) in [7, 11) is 3.29. The van der Waals surface area contributed by atoms with E-state index < -0.39 is 24.1 Å². The first-order valence-corrected chi connectivity index (χ1v) is 16.8. The fraction of sp³-hybridized carbons (Fsp3) is 0.410. The highest BCUT2D eigenvalue weighted by Gasteiger charge is 2.31. The van der Waals surface area contributed by atoms with Crippen molar-refractivity contribution in [1.82, 2.24) is 10.3 Å². The number of fused-ring (bicyclic) bond motifs is 1. The summed E-state index contributed by atoms with van der Waals surface area (Å²) in [5, 5.41) is 3.66. The first-order valence-electron chi connectivity index (χ1n) is 16.8. The van der Waals surface area contributed by atoms with Gasteiger partial charge < -0.3 is 29.4 Å². The van der Waals surface area contributed by atoms with Crippen LogP contribution in [0, 0.1) is 5.92 Å². The van der Waals surface area contributed by atoms with E-state index in [1.54, 1.807) is 0 Å². The van der Waals surface area contributed by atoms with Crippen molar-refractivity contribution in [3.05, 3.63) is 101 Å². The molecule has 1 heterocycles. The number of unbranched alkanes of at least 4 members (excludes halogenated alkanes) is 3. The molecule has 2 N–H and O–H groups in total. The van der Waals surface area contributed by atoms with E-state index in [-0.39, 0.29) is 31.5 Å². The van der Waals surface area contributed by atoms with Crippen LogP contribution in [0.25, 0.3) is 10.9 Å². The molecule has 9 nitrogen and oxygen atoms in total. The van der Waals surface area contributed by atoms with Crippen molar-refractivity contribution in [2.24, 2.45) is 5.92 Å². The number of likely N-dealkylation sites (N-methyl/N-ethyl adjacent to an activating group) is 1. The molecule has 0 spiro atoms. The molecule has 4 rings (SSSR count). The van der Waals surface area contributed by atoms with Gasteiger partial charge in [-0.1, -0.05) is 107 Å². The second kappa shape index (κ2) is 17.9. The predicted octanol–water partition coefficient (Wildman–Crippen LogP) is 7.51. The molecule has 48 heavy (non-hydrogen) atoms. The molecule has 1 amide bonds. The number of methoxy groups -OCH3 is 1.